The van der Waals surface area contributed by atoms with E-state index in [0.717, 1.165) is 19.5 Å². The molecule has 0 heterocycles. The van der Waals surface area contributed by atoms with Crippen LogP contribution in [0.5, 0.6) is 0 Å². The smallest absolute Gasteiger partial charge is 0.170 e. The van der Waals surface area contributed by atoms with Gasteiger partial charge in [0.15, 0.2) is 10.9 Å². The number of nitrogens with one attached hydrogen (secondary N) is 2. The number of hydrogen-bond acceptors (Lipinski definition) is 2. The zero-order valence-corrected chi connectivity index (χ0v) is 12.0. The minimum atomic E-state index is -0.489. The SMILES string of the molecule is CN(C)CCCNC(=S)Nc1cccc(Cl)c1F. The van der Waals surface area contributed by atoms with Crippen LogP contribution in [0.25, 0.3) is 0 Å². The van der Waals surface area contributed by atoms with Crippen LogP contribution in [0.15, 0.2) is 18.2 Å². The minimum Gasteiger partial charge on any atom is -0.362 e. The molecule has 0 aromatic heterocycles. The molecule has 1 aromatic rings. The van der Waals surface area contributed by atoms with Crippen LogP contribution in [0, 0.1) is 5.82 Å². The average Bonchev–Trinajstić information content (AvgIpc) is 2.30. The molecule has 0 unspecified atom stereocenters. The van der Waals surface area contributed by atoms with Crippen LogP contribution < -0.4 is 10.6 Å². The van der Waals surface area contributed by atoms with E-state index in [-0.39, 0.29) is 10.7 Å². The largest absolute Gasteiger partial charge is 0.362 e. The highest BCUT2D eigenvalue weighted by Gasteiger charge is 2.06. The molecule has 0 aliphatic carbocycles. The first-order chi connectivity index (χ1) is 8.50. The van der Waals surface area contributed by atoms with Crippen molar-refractivity contribution in [1.29, 1.82) is 0 Å². The summed E-state index contributed by atoms with van der Waals surface area (Å²) in [5.74, 6) is -0.489. The van der Waals surface area contributed by atoms with Crippen LogP contribution >= 0.6 is 23.8 Å². The normalized spacial score (nSPS) is 10.5. The first-order valence-corrected chi connectivity index (χ1v) is 6.43. The number of hydrogen-bond donors (Lipinski definition) is 2. The third-order valence-corrected chi connectivity index (χ3v) is 2.81. The molecule has 0 spiro atoms. The predicted octanol–water partition coefficient (Wildman–Crippen LogP) is 2.72. The van der Waals surface area contributed by atoms with E-state index in [1.165, 1.54) is 6.07 Å². The Morgan fingerprint density at radius 1 is 1.44 bits per heavy atom. The van der Waals surface area contributed by atoms with Crippen LogP contribution in [-0.4, -0.2) is 37.2 Å². The van der Waals surface area contributed by atoms with Gasteiger partial charge >= 0.3 is 0 Å². The molecule has 1 rings (SSSR count). The second kappa shape index (κ2) is 7.51. The fourth-order valence-electron chi connectivity index (χ4n) is 1.36. The van der Waals surface area contributed by atoms with E-state index in [2.05, 4.69) is 15.5 Å². The minimum absolute atomic E-state index is 0.0791. The molecule has 0 radical (unpaired) electrons. The second-order valence-electron chi connectivity index (χ2n) is 4.14. The van der Waals surface area contributed by atoms with E-state index in [0.29, 0.717) is 5.11 Å². The van der Waals surface area contributed by atoms with Crippen LogP contribution in [0.4, 0.5) is 10.1 Å². The molecule has 0 saturated heterocycles. The van der Waals surface area contributed by atoms with Crippen LogP contribution in [-0.2, 0) is 0 Å². The van der Waals surface area contributed by atoms with Crippen molar-refractivity contribution in [2.75, 3.05) is 32.5 Å². The van der Waals surface area contributed by atoms with Crippen molar-refractivity contribution >= 4 is 34.6 Å². The zero-order valence-electron chi connectivity index (χ0n) is 10.5. The van der Waals surface area contributed by atoms with Gasteiger partial charge in [0.2, 0.25) is 0 Å². The molecule has 3 nitrogen and oxygen atoms in total. The summed E-state index contributed by atoms with van der Waals surface area (Å²) in [6.45, 7) is 1.72. The third-order valence-electron chi connectivity index (χ3n) is 2.27. The predicted molar refractivity (Wildman–Crippen MR) is 78.8 cm³/mol. The molecule has 0 atom stereocenters. The van der Waals surface area contributed by atoms with Crippen molar-refractivity contribution in [3.05, 3.63) is 29.0 Å². The molecule has 6 heteroatoms. The zero-order chi connectivity index (χ0) is 13.5. The summed E-state index contributed by atoms with van der Waals surface area (Å²) in [4.78, 5) is 2.09. The van der Waals surface area contributed by atoms with E-state index in [1.54, 1.807) is 12.1 Å². The molecule has 0 fully saturated rings. The van der Waals surface area contributed by atoms with E-state index in [4.69, 9.17) is 23.8 Å². The molecule has 1 aromatic carbocycles. The van der Waals surface area contributed by atoms with Gasteiger partial charge in [0, 0.05) is 6.54 Å². The van der Waals surface area contributed by atoms with Gasteiger partial charge in [0.25, 0.3) is 0 Å². The summed E-state index contributed by atoms with van der Waals surface area (Å²) in [5, 5.41) is 6.28. The van der Waals surface area contributed by atoms with Gasteiger partial charge in [-0.05, 0) is 51.4 Å². The van der Waals surface area contributed by atoms with Gasteiger partial charge in [-0.3, -0.25) is 0 Å². The van der Waals surface area contributed by atoms with Gasteiger partial charge in [-0.15, -0.1) is 0 Å². The Morgan fingerprint density at radius 2 is 2.17 bits per heavy atom. The maximum Gasteiger partial charge on any atom is 0.170 e. The number of rotatable bonds is 5. The number of nitrogens with zero attached hydrogens (tertiary/aromatic N) is 1. The summed E-state index contributed by atoms with van der Waals surface area (Å²) < 4.78 is 13.6. The van der Waals surface area contributed by atoms with Crippen molar-refractivity contribution < 1.29 is 4.39 Å². The number of anilines is 1. The Bertz CT molecular complexity index is 412. The third kappa shape index (κ3) is 5.16. The van der Waals surface area contributed by atoms with Gasteiger partial charge in [-0.25, -0.2) is 4.39 Å². The van der Waals surface area contributed by atoms with Crippen LogP contribution in [0.1, 0.15) is 6.42 Å². The Balaban J connectivity index is 2.38. The Hall–Kier alpha value is -0.910. The molecule has 0 saturated carbocycles. The lowest BCUT2D eigenvalue weighted by molar-refractivity contribution is 0.400. The fraction of sp³-hybridized carbons (Fsp3) is 0.417. The molecule has 2 N–H and O–H groups in total. The highest BCUT2D eigenvalue weighted by molar-refractivity contribution is 7.80. The first kappa shape index (κ1) is 15.1. The van der Waals surface area contributed by atoms with E-state index in [1.807, 2.05) is 14.1 Å². The Kier molecular flexibility index (Phi) is 6.32. The lowest BCUT2D eigenvalue weighted by atomic mass is 10.3. The second-order valence-corrected chi connectivity index (χ2v) is 4.95. The maximum atomic E-state index is 13.6. The van der Waals surface area contributed by atoms with E-state index < -0.39 is 5.82 Å². The summed E-state index contributed by atoms with van der Waals surface area (Å²) >= 11 is 10.7. The Morgan fingerprint density at radius 3 is 2.83 bits per heavy atom. The molecule has 18 heavy (non-hydrogen) atoms. The molecule has 0 bridgehead atoms. The van der Waals surface area contributed by atoms with Crippen molar-refractivity contribution in [2.45, 2.75) is 6.42 Å². The molecule has 0 aliphatic rings. The Labute approximate surface area is 117 Å². The molecular formula is C12H17ClFN3S. The van der Waals surface area contributed by atoms with Gasteiger partial charge in [0.05, 0.1) is 10.7 Å². The molecule has 100 valence electrons. The summed E-state index contributed by atoms with van der Waals surface area (Å²) in [5.41, 5.74) is 0.285. The maximum absolute atomic E-state index is 13.6. The van der Waals surface area contributed by atoms with Gasteiger partial charge in [-0.2, -0.15) is 0 Å². The summed E-state index contributed by atoms with van der Waals surface area (Å²) in [6.07, 6.45) is 0.965. The van der Waals surface area contributed by atoms with Gasteiger partial charge in [0.1, 0.15) is 0 Å². The quantitative estimate of drug-likeness (QED) is 0.644. The molecule has 0 amide bonds. The van der Waals surface area contributed by atoms with Gasteiger partial charge < -0.3 is 15.5 Å². The molecule has 0 aliphatic heterocycles. The summed E-state index contributed by atoms with van der Waals surface area (Å²) in [7, 11) is 4.02. The first-order valence-electron chi connectivity index (χ1n) is 5.64. The standard InChI is InChI=1S/C12H17ClFN3S/c1-17(2)8-4-7-15-12(18)16-10-6-3-5-9(13)11(10)14/h3,5-6H,4,7-8H2,1-2H3,(H2,15,16,18). The lowest BCUT2D eigenvalue weighted by Gasteiger charge is -2.13. The fourth-order valence-corrected chi connectivity index (χ4v) is 1.75. The van der Waals surface area contributed by atoms with Crippen LogP contribution in [0.3, 0.4) is 0 Å². The number of thiocarbonyl (C=S) groups is 1. The number of benzene rings is 1. The van der Waals surface area contributed by atoms with Crippen molar-refractivity contribution in [1.82, 2.24) is 10.2 Å². The van der Waals surface area contributed by atoms with Crippen molar-refractivity contribution in [3.63, 3.8) is 0 Å². The topological polar surface area (TPSA) is 27.3 Å². The van der Waals surface area contributed by atoms with Crippen molar-refractivity contribution in [2.24, 2.45) is 0 Å². The monoisotopic (exact) mass is 289 g/mol. The summed E-state index contributed by atoms with van der Waals surface area (Å²) in [6, 6.07) is 4.76. The lowest BCUT2D eigenvalue weighted by Crippen LogP contribution is -2.31. The van der Waals surface area contributed by atoms with E-state index >= 15 is 0 Å². The highest BCUT2D eigenvalue weighted by Crippen LogP contribution is 2.21. The van der Waals surface area contributed by atoms with Gasteiger partial charge in [-0.1, -0.05) is 17.7 Å². The highest BCUT2D eigenvalue weighted by atomic mass is 35.5. The van der Waals surface area contributed by atoms with Crippen LogP contribution in [0.2, 0.25) is 5.02 Å². The molecular weight excluding hydrogens is 273 g/mol. The average molecular weight is 290 g/mol. The number of halogens is 2. The van der Waals surface area contributed by atoms with E-state index in [9.17, 15) is 4.39 Å². The van der Waals surface area contributed by atoms with Crippen molar-refractivity contribution in [3.8, 4) is 0 Å².